The number of rotatable bonds is 0. The van der Waals surface area contributed by atoms with Crippen LogP contribution in [-0.4, -0.2) is 70.5 Å². The molecule has 6 nitrogen and oxygen atoms in total. The molecular formula is C2H6CaCeO6. The van der Waals surface area contributed by atoms with Gasteiger partial charge in [-0.25, -0.2) is 9.59 Å². The van der Waals surface area contributed by atoms with Crippen molar-refractivity contribution in [1.29, 1.82) is 0 Å². The van der Waals surface area contributed by atoms with Gasteiger partial charge in [0.2, 0.25) is 0 Å². The van der Waals surface area contributed by atoms with E-state index in [4.69, 9.17) is 30.0 Å². The monoisotopic (exact) mass is 306 g/mol. The molecule has 0 unspecified atom stereocenters. The van der Waals surface area contributed by atoms with Gasteiger partial charge in [-0.15, -0.1) is 0 Å². The van der Waals surface area contributed by atoms with Crippen LogP contribution in [0, 0.1) is 41.7 Å². The van der Waals surface area contributed by atoms with E-state index in [0.29, 0.717) is 0 Å². The molecule has 0 aromatic heterocycles. The Hall–Kier alpha value is 1.18. The molecule has 0 rings (SSSR count). The van der Waals surface area contributed by atoms with E-state index in [-0.39, 0.29) is 79.5 Å². The quantitative estimate of drug-likeness (QED) is 0.450. The van der Waals surface area contributed by atoms with Gasteiger partial charge in [-0.2, -0.15) is 0 Å². The van der Waals surface area contributed by atoms with E-state index in [0.717, 1.165) is 0 Å². The summed E-state index contributed by atoms with van der Waals surface area (Å²) in [5.74, 6) is 0. The minimum atomic E-state index is -1.83. The van der Waals surface area contributed by atoms with E-state index in [1.807, 2.05) is 0 Å². The van der Waals surface area contributed by atoms with E-state index in [9.17, 15) is 0 Å². The molecule has 0 heterocycles. The second-order valence-corrected chi connectivity index (χ2v) is 0.565. The maximum Gasteiger partial charge on any atom is 0 e. The van der Waals surface area contributed by atoms with Crippen molar-refractivity contribution in [2.24, 2.45) is 0 Å². The van der Waals surface area contributed by atoms with Crippen LogP contribution in [0.4, 0.5) is 9.59 Å². The molecule has 8 heteroatoms. The Morgan fingerprint density at radius 3 is 0.800 bits per heavy atom. The first-order valence-corrected chi connectivity index (χ1v) is 1.30. The van der Waals surface area contributed by atoms with Gasteiger partial charge in [-0.05, 0) is 0 Å². The summed E-state index contributed by atoms with van der Waals surface area (Å²) in [4.78, 5) is 17.1. The second kappa shape index (κ2) is 16.6. The first kappa shape index (κ1) is 22.5. The minimum Gasteiger partial charge on any atom is 0 e. The van der Waals surface area contributed by atoms with Crippen LogP contribution in [0.1, 0.15) is 0 Å². The summed E-state index contributed by atoms with van der Waals surface area (Å²) in [5.41, 5.74) is 0. The van der Waals surface area contributed by atoms with Crippen LogP contribution in [0.25, 0.3) is 0 Å². The first-order chi connectivity index (χ1) is 3.46. The molecule has 56 valence electrons. The van der Waals surface area contributed by atoms with Gasteiger partial charge >= 0.3 is 50.0 Å². The van der Waals surface area contributed by atoms with Crippen LogP contribution in [0.3, 0.4) is 0 Å². The van der Waals surface area contributed by atoms with Gasteiger partial charge < -0.3 is 20.4 Å². The number of hydrogen-bond donors (Lipinski definition) is 4. The topological polar surface area (TPSA) is 115 Å². The molecule has 0 aliphatic rings. The fraction of sp³-hybridized carbons (Fsp3) is 0. The van der Waals surface area contributed by atoms with Crippen molar-refractivity contribution in [3.63, 3.8) is 0 Å². The summed E-state index contributed by atoms with van der Waals surface area (Å²) in [6.07, 6.45) is -3.67. The van der Waals surface area contributed by atoms with Crippen molar-refractivity contribution in [2.75, 3.05) is 0 Å². The van der Waals surface area contributed by atoms with Crippen LogP contribution < -0.4 is 0 Å². The normalized spacial score (nSPS) is 4.80. The van der Waals surface area contributed by atoms with Crippen molar-refractivity contribution in [1.82, 2.24) is 0 Å². The zero-order valence-corrected chi connectivity index (χ0v) is 7.25. The van der Waals surface area contributed by atoms with E-state index < -0.39 is 12.3 Å². The van der Waals surface area contributed by atoms with Crippen molar-refractivity contribution in [2.45, 2.75) is 0 Å². The third-order valence-electron chi connectivity index (χ3n) is 0. The van der Waals surface area contributed by atoms with Gasteiger partial charge in [0.15, 0.2) is 0 Å². The average Bonchev–Trinajstić information content (AvgIpc) is 1.25. The predicted molar refractivity (Wildman–Crippen MR) is 29.9 cm³/mol. The summed E-state index contributed by atoms with van der Waals surface area (Å²) in [7, 11) is 0. The van der Waals surface area contributed by atoms with Gasteiger partial charge in [0, 0.05) is 41.7 Å². The average molecular weight is 306 g/mol. The Kier molecular flexibility index (Phi) is 37.4. The zero-order chi connectivity index (χ0) is 7.15. The van der Waals surface area contributed by atoms with Crippen molar-refractivity contribution in [3.8, 4) is 0 Å². The smallest absolute Gasteiger partial charge is 0 e. The molecule has 0 aliphatic heterocycles. The van der Waals surface area contributed by atoms with Crippen molar-refractivity contribution >= 4 is 50.0 Å². The summed E-state index contributed by atoms with van der Waals surface area (Å²) in [6.45, 7) is 0. The maximum atomic E-state index is 8.56. The van der Waals surface area contributed by atoms with Crippen LogP contribution in [0.2, 0.25) is 0 Å². The fourth-order valence-corrected chi connectivity index (χ4v) is 0. The minimum absolute atomic E-state index is 0. The van der Waals surface area contributed by atoms with Crippen LogP contribution in [-0.2, 0) is 0 Å². The Morgan fingerprint density at radius 1 is 0.800 bits per heavy atom. The Balaban J connectivity index is -0.0000000300. The van der Waals surface area contributed by atoms with E-state index in [1.54, 1.807) is 0 Å². The molecule has 0 spiro atoms. The molecule has 0 amide bonds. The van der Waals surface area contributed by atoms with E-state index in [2.05, 4.69) is 0 Å². The third-order valence-corrected chi connectivity index (χ3v) is 0. The summed E-state index contributed by atoms with van der Waals surface area (Å²) in [5, 5.41) is 27.9. The molecule has 4 N–H and O–H groups in total. The molecule has 0 fully saturated rings. The van der Waals surface area contributed by atoms with Crippen LogP contribution in [0.15, 0.2) is 0 Å². The summed E-state index contributed by atoms with van der Waals surface area (Å²) >= 11 is 0. The van der Waals surface area contributed by atoms with Gasteiger partial charge in [-0.3, -0.25) is 0 Å². The SMILES string of the molecule is O=C(O)O.O=C(O)O.[CaH2].[Ce]. The molecule has 0 bridgehead atoms. The molecule has 0 radical (unpaired) electrons. The Labute approximate surface area is 120 Å². The van der Waals surface area contributed by atoms with Crippen LogP contribution >= 0.6 is 0 Å². The molecule has 0 aliphatic carbocycles. The van der Waals surface area contributed by atoms with Gasteiger partial charge in [0.25, 0.3) is 0 Å². The molecule has 0 aromatic rings. The summed E-state index contributed by atoms with van der Waals surface area (Å²) in [6, 6.07) is 0. The molecule has 0 atom stereocenters. The molecule has 0 aromatic carbocycles. The van der Waals surface area contributed by atoms with Crippen molar-refractivity contribution < 1.29 is 71.8 Å². The van der Waals surface area contributed by atoms with Crippen molar-refractivity contribution in [3.05, 3.63) is 0 Å². The van der Waals surface area contributed by atoms with Gasteiger partial charge in [0.05, 0.1) is 0 Å². The largest absolute Gasteiger partial charge is 0 e. The predicted octanol–water partition coefficient (Wildman–Crippen LogP) is -0.471. The standard InChI is InChI=1S/2CH2O3.Ca.Ce.2H/c2*2-1(3)4;;;;/h2*(H2,2,3,4);;;;. The van der Waals surface area contributed by atoms with Gasteiger partial charge in [0.1, 0.15) is 0 Å². The number of hydrogen-bond acceptors (Lipinski definition) is 2. The number of carbonyl (C=O) groups is 2. The Morgan fingerprint density at radius 2 is 0.800 bits per heavy atom. The molecular weight excluding hydrogens is 300 g/mol. The molecule has 10 heavy (non-hydrogen) atoms. The zero-order valence-electron chi connectivity index (χ0n) is 4.11. The maximum absolute atomic E-state index is 8.56. The first-order valence-electron chi connectivity index (χ1n) is 1.30. The second-order valence-electron chi connectivity index (χ2n) is 0.565. The molecule has 0 saturated carbocycles. The third kappa shape index (κ3) is 443. The fourth-order valence-electron chi connectivity index (χ4n) is 0. The number of carboxylic acid groups (broad SMARTS) is 4. The van der Waals surface area contributed by atoms with Crippen LogP contribution in [0.5, 0.6) is 0 Å². The van der Waals surface area contributed by atoms with E-state index in [1.165, 1.54) is 0 Å². The summed E-state index contributed by atoms with van der Waals surface area (Å²) < 4.78 is 0. The van der Waals surface area contributed by atoms with E-state index >= 15 is 0 Å². The van der Waals surface area contributed by atoms with Gasteiger partial charge in [-0.1, -0.05) is 0 Å². The molecule has 0 saturated heterocycles. The Bertz CT molecular complexity index is 73.7.